The fourth-order valence-corrected chi connectivity index (χ4v) is 11.3. The van der Waals surface area contributed by atoms with E-state index in [4.69, 9.17) is 43.2 Å². The summed E-state index contributed by atoms with van der Waals surface area (Å²) in [4.78, 5) is 101. The van der Waals surface area contributed by atoms with Crippen molar-refractivity contribution in [1.29, 1.82) is 0 Å². The molecule has 0 aromatic carbocycles. The first kappa shape index (κ1) is 61.8. The highest BCUT2D eigenvalue weighted by Gasteiger charge is 2.57. The molecule has 0 radical (unpaired) electrons. The zero-order chi connectivity index (χ0) is 56.5. The van der Waals surface area contributed by atoms with Gasteiger partial charge in [0.1, 0.15) is 79.0 Å². The normalized spacial score (nSPS) is 34.1. The van der Waals surface area contributed by atoms with Crippen molar-refractivity contribution in [2.75, 3.05) is 44.4 Å². The molecule has 18 atom stereocenters. The molecule has 76 heavy (non-hydrogen) atoms. The maximum atomic E-state index is 13.2. The van der Waals surface area contributed by atoms with Crippen molar-refractivity contribution in [3.63, 3.8) is 0 Å². The topological polar surface area (TPSA) is 548 Å². The second kappa shape index (κ2) is 24.6. The van der Waals surface area contributed by atoms with Crippen molar-refractivity contribution in [1.82, 2.24) is 30.2 Å². The number of phosphoric acid groups is 3. The summed E-state index contributed by atoms with van der Waals surface area (Å²) in [6.07, 6.45) is -25.8. The van der Waals surface area contributed by atoms with Crippen molar-refractivity contribution >= 4 is 75.1 Å². The molecular weight excluding hydrogens is 1120 g/mol. The van der Waals surface area contributed by atoms with E-state index in [9.17, 15) is 93.3 Å². The lowest BCUT2D eigenvalue weighted by Crippen LogP contribution is -2.68. The standard InChI is InChI=1S/C36H56N7O29P3S/c1-35(2,10-65-75(61,62)72-74(59,60)64-9-14-23(71-73(56,57)58)21(49)30(66-14)43-12-42-16-27(37)40-11-41-28(16)43)26(50)29(51)39-5-4-15(44)38-6-7-76-34(55)36(3)63-8-13-22(70-36)18(46)20(48)33(67-13)69-24-17(45)19(47)32(54)68-25(24)31(52)53/h11-14,17-26,30,32-33,45-50,54H,4-10H2,1-3H3,(H,38,44)(H,39,51)(H,52,53)(H,59,60)(H,61,62)(H2,37,40,41)(H2,56,57,58)/t13-,14?,17-,18-,19-,20+,21?,22-,23?,24+,25+,26?,30?,32?,33+,36+/m1/s1. The number of nitrogens with two attached hydrogens (primary N) is 1. The van der Waals surface area contributed by atoms with Crippen LogP contribution in [0.1, 0.15) is 33.4 Å². The van der Waals surface area contributed by atoms with E-state index in [-0.39, 0.29) is 42.2 Å². The smallest absolute Gasteiger partial charge is 0.479 e. The van der Waals surface area contributed by atoms with Crippen LogP contribution in [0.5, 0.6) is 0 Å². The summed E-state index contributed by atoms with van der Waals surface area (Å²) in [6, 6.07) is 0. The molecule has 6 rings (SSSR count). The number of nitrogens with zero attached hydrogens (tertiary/aromatic N) is 4. The molecule has 4 aliphatic heterocycles. The number of carbonyl (C=O) groups is 4. The van der Waals surface area contributed by atoms with Gasteiger partial charge in [0.2, 0.25) is 22.7 Å². The van der Waals surface area contributed by atoms with Gasteiger partial charge in [-0.1, -0.05) is 25.6 Å². The van der Waals surface area contributed by atoms with Gasteiger partial charge in [0.25, 0.3) is 0 Å². The molecule has 8 unspecified atom stereocenters. The molecular formula is C36H56N7O29P3S. The lowest BCUT2D eigenvalue weighted by Gasteiger charge is -2.49. The largest absolute Gasteiger partial charge is 0.481 e. The van der Waals surface area contributed by atoms with Gasteiger partial charge in [-0.15, -0.1) is 0 Å². The van der Waals surface area contributed by atoms with E-state index in [1.165, 1.54) is 20.8 Å². The minimum absolute atomic E-state index is 0.00410. The number of fused-ring (bicyclic) bond motifs is 2. The fraction of sp³-hybridized carbons (Fsp3) is 0.750. The van der Waals surface area contributed by atoms with Crippen LogP contribution in [0, 0.1) is 5.41 Å². The lowest BCUT2D eigenvalue weighted by molar-refractivity contribution is -0.390. The van der Waals surface area contributed by atoms with Crippen molar-refractivity contribution in [2.24, 2.45) is 5.41 Å². The van der Waals surface area contributed by atoms with E-state index in [1.54, 1.807) is 0 Å². The summed E-state index contributed by atoms with van der Waals surface area (Å²) in [6.45, 7) is 0.518. The summed E-state index contributed by atoms with van der Waals surface area (Å²) in [5, 5.41) is 86.9. The Morgan fingerprint density at radius 3 is 2.26 bits per heavy atom. The van der Waals surface area contributed by atoms with Gasteiger partial charge in [0.15, 0.2) is 36.4 Å². The van der Waals surface area contributed by atoms with Crippen LogP contribution in [0.15, 0.2) is 12.7 Å². The van der Waals surface area contributed by atoms with Crippen LogP contribution in [0.2, 0.25) is 0 Å². The number of carboxylic acid groups (broad SMARTS) is 1. The highest BCUT2D eigenvalue weighted by molar-refractivity contribution is 8.13. The monoisotopic (exact) mass is 1180 g/mol. The number of carboxylic acids is 1. The lowest BCUT2D eigenvalue weighted by atomic mass is 9.87. The van der Waals surface area contributed by atoms with Gasteiger partial charge in [0.05, 0.1) is 26.1 Å². The summed E-state index contributed by atoms with van der Waals surface area (Å²) < 4.78 is 89.5. The summed E-state index contributed by atoms with van der Waals surface area (Å²) in [5.74, 6) is -5.58. The molecule has 430 valence electrons. The number of rotatable bonds is 23. The number of thioether (sulfide) groups is 1. The van der Waals surface area contributed by atoms with E-state index < -0.39 is 169 Å². The number of hydrogen-bond acceptors (Lipinski definition) is 29. The van der Waals surface area contributed by atoms with Crippen molar-refractivity contribution in [3.8, 4) is 0 Å². The Morgan fingerprint density at radius 2 is 1.59 bits per heavy atom. The van der Waals surface area contributed by atoms with Crippen LogP contribution in [-0.2, 0) is 79.2 Å². The number of imidazole rings is 1. The molecule has 0 bridgehead atoms. The first-order valence-corrected chi connectivity index (χ1v) is 27.7. The molecule has 0 aliphatic carbocycles. The van der Waals surface area contributed by atoms with Crippen LogP contribution in [0.4, 0.5) is 5.82 Å². The molecule has 2 amide bonds. The SMILES string of the molecule is CC(C)(COP(=O)(O)OP(=O)(O)OCC1OC(n2cnc3c(N)ncnc32)C(O)C1OP(=O)(O)O)C(O)C(=O)NCCC(=O)NCCSC(=O)[C@@]1(C)OC[C@H]2O[C@@H](O[C@H]3[C@H](O)[C@@H](O)C(O)O[C@@H]3C(=O)O)[C@@H](O)[C@@H](O)[C@@H]2O1. The Morgan fingerprint density at radius 1 is 0.908 bits per heavy atom. The van der Waals surface area contributed by atoms with E-state index in [2.05, 4.69) is 34.4 Å². The Balaban J connectivity index is 0.890. The predicted molar refractivity (Wildman–Crippen MR) is 242 cm³/mol. The summed E-state index contributed by atoms with van der Waals surface area (Å²) in [5.41, 5.74) is 4.09. The minimum Gasteiger partial charge on any atom is -0.479 e. The zero-order valence-electron chi connectivity index (χ0n) is 39.7. The first-order chi connectivity index (χ1) is 35.2. The molecule has 0 spiro atoms. The Labute approximate surface area is 431 Å². The van der Waals surface area contributed by atoms with E-state index in [0.717, 1.165) is 17.2 Å². The summed E-state index contributed by atoms with van der Waals surface area (Å²) in [7, 11) is -16.6. The summed E-state index contributed by atoms with van der Waals surface area (Å²) >= 11 is 0.643. The van der Waals surface area contributed by atoms with Crippen LogP contribution < -0.4 is 16.4 Å². The zero-order valence-corrected chi connectivity index (χ0v) is 43.2. The molecule has 4 saturated heterocycles. The molecule has 36 nitrogen and oxygen atoms in total. The maximum Gasteiger partial charge on any atom is 0.481 e. The quantitative estimate of drug-likeness (QED) is 0.0364. The van der Waals surface area contributed by atoms with Gasteiger partial charge in [0, 0.05) is 30.7 Å². The number of aliphatic carboxylic acids is 1. The second-order valence-corrected chi connectivity index (χ2v) is 23.2. The predicted octanol–water partition coefficient (Wildman–Crippen LogP) is -5.85. The number of aliphatic hydroxyl groups excluding tert-OH is 7. The highest BCUT2D eigenvalue weighted by atomic mass is 32.2. The van der Waals surface area contributed by atoms with Crippen molar-refractivity contribution in [3.05, 3.63) is 12.7 Å². The number of phosphoric ester groups is 3. The Hall–Kier alpha value is -3.37. The first-order valence-electron chi connectivity index (χ1n) is 22.2. The number of carbonyl (C=O) groups excluding carboxylic acids is 3. The number of ether oxygens (including phenoxy) is 6. The van der Waals surface area contributed by atoms with E-state index in [0.29, 0.717) is 11.8 Å². The van der Waals surface area contributed by atoms with Gasteiger partial charge in [-0.2, -0.15) is 4.31 Å². The molecule has 6 heterocycles. The average molecular weight is 1180 g/mol. The molecule has 0 saturated carbocycles. The van der Waals surface area contributed by atoms with E-state index in [1.807, 2.05) is 0 Å². The molecule has 2 aromatic heterocycles. The number of nitrogen functional groups attached to an aromatic ring is 1. The van der Waals surface area contributed by atoms with Crippen LogP contribution in [-0.4, -0.2) is 233 Å². The van der Waals surface area contributed by atoms with Crippen molar-refractivity contribution < 1.29 is 140 Å². The third kappa shape index (κ3) is 14.9. The number of aliphatic hydroxyl groups is 7. The maximum absolute atomic E-state index is 13.2. The molecule has 16 N–H and O–H groups in total. The minimum atomic E-state index is -5.65. The third-order valence-corrected chi connectivity index (χ3v) is 15.9. The second-order valence-electron chi connectivity index (χ2n) is 17.9. The number of hydrogen-bond donors (Lipinski definition) is 15. The van der Waals surface area contributed by atoms with Crippen LogP contribution in [0.3, 0.4) is 0 Å². The van der Waals surface area contributed by atoms with Crippen LogP contribution >= 0.6 is 35.2 Å². The Bertz CT molecular complexity index is 2560. The molecule has 4 fully saturated rings. The third-order valence-electron chi connectivity index (χ3n) is 11.7. The van der Waals surface area contributed by atoms with Gasteiger partial charge >= 0.3 is 29.4 Å². The van der Waals surface area contributed by atoms with Crippen molar-refractivity contribution in [2.45, 2.75) is 125 Å². The number of anilines is 1. The average Bonchev–Trinajstić information content (AvgIpc) is 3.90. The number of aromatic nitrogens is 4. The highest BCUT2D eigenvalue weighted by Crippen LogP contribution is 2.61. The molecule has 4 aliphatic rings. The fourth-order valence-electron chi connectivity index (χ4n) is 7.70. The van der Waals surface area contributed by atoms with Gasteiger partial charge < -0.3 is 105 Å². The van der Waals surface area contributed by atoms with Gasteiger partial charge in [-0.05, 0) is 6.92 Å². The van der Waals surface area contributed by atoms with Crippen LogP contribution in [0.25, 0.3) is 11.2 Å². The Kier molecular flexibility index (Phi) is 20.0. The number of amides is 2. The molecule has 40 heteroatoms. The van der Waals surface area contributed by atoms with Gasteiger partial charge in [-0.25, -0.2) is 33.4 Å². The number of nitrogens with one attached hydrogen (secondary N) is 2. The van der Waals surface area contributed by atoms with E-state index >= 15 is 0 Å². The molecule has 2 aromatic rings. The van der Waals surface area contributed by atoms with Gasteiger partial charge in [-0.3, -0.25) is 32.5 Å².